The van der Waals surface area contributed by atoms with E-state index in [-0.39, 0.29) is 10.9 Å². The Morgan fingerprint density at radius 2 is 2.14 bits per heavy atom. The summed E-state index contributed by atoms with van der Waals surface area (Å²) in [4.78, 5) is 28.0. The van der Waals surface area contributed by atoms with Crippen LogP contribution in [0.5, 0.6) is 0 Å². The molecule has 0 aliphatic heterocycles. The van der Waals surface area contributed by atoms with Crippen molar-refractivity contribution in [2.45, 2.75) is 19.8 Å². The number of benzene rings is 1. The second-order valence-electron chi connectivity index (χ2n) is 4.51. The monoisotopic (exact) mass is 305 g/mol. The zero-order valence-corrected chi connectivity index (χ0v) is 12.6. The van der Waals surface area contributed by atoms with Crippen molar-refractivity contribution in [1.29, 1.82) is 0 Å². The van der Waals surface area contributed by atoms with Crippen LogP contribution in [0.3, 0.4) is 0 Å². The molecule has 1 heterocycles. The Morgan fingerprint density at radius 3 is 2.76 bits per heavy atom. The topological polar surface area (TPSA) is 76.3 Å². The number of thiazole rings is 1. The second-order valence-corrected chi connectivity index (χ2v) is 5.50. The lowest BCUT2D eigenvalue weighted by Crippen LogP contribution is -2.27. The summed E-state index contributed by atoms with van der Waals surface area (Å²) in [5.74, 6) is -0.205. The van der Waals surface area contributed by atoms with Crippen molar-refractivity contribution >= 4 is 27.4 Å². The van der Waals surface area contributed by atoms with Crippen molar-refractivity contribution in [3.05, 3.63) is 51.7 Å². The molecule has 0 bridgehead atoms. The number of nitro groups is 1. The predicted molar refractivity (Wildman–Crippen MR) is 81.9 cm³/mol. The van der Waals surface area contributed by atoms with Gasteiger partial charge < -0.3 is 0 Å². The quantitative estimate of drug-likeness (QED) is 0.627. The normalized spacial score (nSPS) is 10.4. The smallest absolute Gasteiger partial charge is 0.287 e. The van der Waals surface area contributed by atoms with E-state index in [4.69, 9.17) is 0 Å². The number of carbonyl (C=O) groups is 1. The summed E-state index contributed by atoms with van der Waals surface area (Å²) in [6.45, 7) is 2.05. The highest BCUT2D eigenvalue weighted by atomic mass is 32.1. The fraction of sp³-hybridized carbons (Fsp3) is 0.286. The van der Waals surface area contributed by atoms with Gasteiger partial charge in [0.2, 0.25) is 0 Å². The van der Waals surface area contributed by atoms with E-state index in [1.54, 1.807) is 13.1 Å². The molecule has 21 heavy (non-hydrogen) atoms. The van der Waals surface area contributed by atoms with E-state index in [2.05, 4.69) is 11.9 Å². The van der Waals surface area contributed by atoms with Gasteiger partial charge in [0, 0.05) is 12.6 Å². The maximum atomic E-state index is 12.5. The molecule has 0 aliphatic rings. The van der Waals surface area contributed by atoms with Gasteiger partial charge in [0.1, 0.15) is 6.20 Å². The molecule has 7 heteroatoms. The average Bonchev–Trinajstić information content (AvgIpc) is 2.97. The summed E-state index contributed by atoms with van der Waals surface area (Å²) >= 11 is 0.886. The minimum absolute atomic E-state index is 0.0773. The van der Waals surface area contributed by atoms with E-state index in [1.807, 2.05) is 18.2 Å². The van der Waals surface area contributed by atoms with Gasteiger partial charge in [-0.25, -0.2) is 4.98 Å². The van der Waals surface area contributed by atoms with E-state index in [1.165, 1.54) is 11.1 Å². The molecule has 0 fully saturated rings. The predicted octanol–water partition coefficient (Wildman–Crippen LogP) is 3.28. The molecule has 2 aromatic rings. The first-order valence-electron chi connectivity index (χ1n) is 6.50. The van der Waals surface area contributed by atoms with Crippen molar-refractivity contribution in [1.82, 2.24) is 4.98 Å². The van der Waals surface area contributed by atoms with Crippen molar-refractivity contribution < 1.29 is 9.72 Å². The van der Waals surface area contributed by atoms with Gasteiger partial charge in [-0.2, -0.15) is 0 Å². The lowest BCUT2D eigenvalue weighted by molar-refractivity contribution is -0.380. The molecule has 0 aliphatic carbocycles. The van der Waals surface area contributed by atoms with Crippen LogP contribution in [0, 0.1) is 10.1 Å². The van der Waals surface area contributed by atoms with Crippen molar-refractivity contribution in [3.63, 3.8) is 0 Å². The van der Waals surface area contributed by atoms with Crippen molar-refractivity contribution in [3.8, 4) is 0 Å². The number of carbonyl (C=O) groups excluding carboxylic acids is 1. The molecular formula is C14H15N3O3S. The number of aromatic nitrogens is 1. The summed E-state index contributed by atoms with van der Waals surface area (Å²) in [7, 11) is 1.58. The van der Waals surface area contributed by atoms with E-state index < -0.39 is 4.92 Å². The third-order valence-electron chi connectivity index (χ3n) is 3.02. The van der Waals surface area contributed by atoms with Gasteiger partial charge in [0.05, 0.1) is 4.92 Å². The summed E-state index contributed by atoms with van der Waals surface area (Å²) in [6, 6.07) is 7.40. The van der Waals surface area contributed by atoms with E-state index >= 15 is 0 Å². The molecule has 0 spiro atoms. The van der Waals surface area contributed by atoms with Gasteiger partial charge in [-0.15, -0.1) is 0 Å². The Morgan fingerprint density at radius 1 is 1.43 bits per heavy atom. The van der Waals surface area contributed by atoms with Crippen LogP contribution >= 0.6 is 11.3 Å². The average molecular weight is 305 g/mol. The molecule has 0 N–H and O–H groups in total. The van der Waals surface area contributed by atoms with Crippen LogP contribution in [0.25, 0.3) is 0 Å². The first-order valence-corrected chi connectivity index (χ1v) is 7.32. The van der Waals surface area contributed by atoms with E-state index in [9.17, 15) is 14.9 Å². The van der Waals surface area contributed by atoms with Crippen LogP contribution in [-0.4, -0.2) is 22.9 Å². The lowest BCUT2D eigenvalue weighted by atomic mass is 10.0. The Hall–Kier alpha value is -2.28. The summed E-state index contributed by atoms with van der Waals surface area (Å²) in [5.41, 5.74) is 1.59. The number of nitrogens with zero attached hydrogens (tertiary/aromatic N) is 3. The van der Waals surface area contributed by atoms with Crippen LogP contribution in [0.4, 0.5) is 10.1 Å². The first-order chi connectivity index (χ1) is 10.0. The number of amides is 1. The molecule has 110 valence electrons. The summed E-state index contributed by atoms with van der Waals surface area (Å²) < 4.78 is 0. The SMILES string of the molecule is CCCc1ccccc1C(=O)N(C)c1ncc([N+](=O)[O-])s1. The first kappa shape index (κ1) is 15.1. The van der Waals surface area contributed by atoms with Crippen LogP contribution in [0.15, 0.2) is 30.5 Å². The fourth-order valence-electron chi connectivity index (χ4n) is 1.98. The number of aryl methyl sites for hydroxylation is 1. The molecule has 0 radical (unpaired) electrons. The number of hydrogen-bond donors (Lipinski definition) is 0. The van der Waals surface area contributed by atoms with Gasteiger partial charge in [-0.05, 0) is 29.4 Å². The molecule has 0 atom stereocenters. The number of anilines is 1. The largest absolute Gasteiger partial charge is 0.345 e. The van der Waals surface area contributed by atoms with Gasteiger partial charge in [0.25, 0.3) is 5.91 Å². The van der Waals surface area contributed by atoms with Gasteiger partial charge in [0.15, 0.2) is 5.13 Å². The number of rotatable bonds is 5. The summed E-state index contributed by atoms with van der Waals surface area (Å²) in [5, 5.41) is 10.9. The molecule has 6 nitrogen and oxygen atoms in total. The maximum Gasteiger partial charge on any atom is 0.345 e. The van der Waals surface area contributed by atoms with Crippen LogP contribution in [0.2, 0.25) is 0 Å². The Kier molecular flexibility index (Phi) is 4.64. The zero-order chi connectivity index (χ0) is 15.4. The van der Waals surface area contributed by atoms with Gasteiger partial charge in [-0.1, -0.05) is 31.5 Å². The van der Waals surface area contributed by atoms with E-state index in [0.717, 1.165) is 29.7 Å². The minimum Gasteiger partial charge on any atom is -0.287 e. The molecule has 0 unspecified atom stereocenters. The van der Waals surface area contributed by atoms with Crippen LogP contribution in [0.1, 0.15) is 29.3 Å². The molecule has 0 saturated heterocycles. The third-order valence-corrected chi connectivity index (χ3v) is 4.05. The molecule has 0 saturated carbocycles. The highest BCUT2D eigenvalue weighted by molar-refractivity contribution is 7.18. The summed E-state index contributed by atoms with van der Waals surface area (Å²) in [6.07, 6.45) is 2.92. The van der Waals surface area contributed by atoms with Gasteiger partial charge in [-0.3, -0.25) is 19.8 Å². The highest BCUT2D eigenvalue weighted by Gasteiger charge is 2.21. The molecule has 2 rings (SSSR count). The van der Waals surface area contributed by atoms with Crippen LogP contribution < -0.4 is 4.90 Å². The molecule has 1 aromatic heterocycles. The van der Waals surface area contributed by atoms with Crippen molar-refractivity contribution in [2.75, 3.05) is 11.9 Å². The van der Waals surface area contributed by atoms with Crippen LogP contribution in [-0.2, 0) is 6.42 Å². The Balaban J connectivity index is 2.28. The van der Waals surface area contributed by atoms with Gasteiger partial charge >= 0.3 is 5.00 Å². The van der Waals surface area contributed by atoms with Crippen molar-refractivity contribution in [2.24, 2.45) is 0 Å². The standard InChI is InChI=1S/C14H15N3O3S/c1-3-6-10-7-4-5-8-11(10)13(18)16(2)14-15-9-12(21-14)17(19)20/h4-5,7-9H,3,6H2,1-2H3. The zero-order valence-electron chi connectivity index (χ0n) is 11.8. The fourth-order valence-corrected chi connectivity index (χ4v) is 2.67. The third kappa shape index (κ3) is 3.25. The number of hydrogen-bond acceptors (Lipinski definition) is 5. The Labute approximate surface area is 126 Å². The Bertz CT molecular complexity index is 669. The minimum atomic E-state index is -0.509. The second kappa shape index (κ2) is 6.45. The molecular weight excluding hydrogens is 290 g/mol. The highest BCUT2D eigenvalue weighted by Crippen LogP contribution is 2.28. The lowest BCUT2D eigenvalue weighted by Gasteiger charge is -2.15. The van der Waals surface area contributed by atoms with E-state index in [0.29, 0.717) is 10.7 Å². The molecule has 1 amide bonds. The molecule has 1 aromatic carbocycles. The maximum absolute atomic E-state index is 12.5.